The minimum absolute atomic E-state index is 0.497. The van der Waals surface area contributed by atoms with Gasteiger partial charge in [-0.15, -0.1) is 0 Å². The highest BCUT2D eigenvalue weighted by atomic mass is 14.6. The lowest BCUT2D eigenvalue weighted by Crippen LogP contribution is -2.04. The minimum atomic E-state index is 0.497. The van der Waals surface area contributed by atoms with Crippen LogP contribution < -0.4 is 5.73 Å². The van der Waals surface area contributed by atoms with Gasteiger partial charge in [0.15, 0.2) is 0 Å². The van der Waals surface area contributed by atoms with Crippen LogP contribution in [0.5, 0.6) is 0 Å². The van der Waals surface area contributed by atoms with Crippen molar-refractivity contribution in [1.29, 1.82) is 0 Å². The number of hydrogen-bond donors (Lipinski definition) is 1. The molecule has 1 atom stereocenters. The number of fused-ring (bicyclic) bond motifs is 1. The van der Waals surface area contributed by atoms with Crippen molar-refractivity contribution in [2.24, 2.45) is 5.73 Å². The van der Waals surface area contributed by atoms with Crippen LogP contribution in [-0.4, -0.2) is 11.5 Å². The maximum absolute atomic E-state index is 5.67. The van der Waals surface area contributed by atoms with Crippen LogP contribution in [0, 0.1) is 0 Å². The number of pyridine rings is 1. The molecule has 0 spiro atoms. The summed E-state index contributed by atoms with van der Waals surface area (Å²) >= 11 is 0. The Kier molecular flexibility index (Phi) is 3.98. The summed E-state index contributed by atoms with van der Waals surface area (Å²) in [7, 11) is 0. The van der Waals surface area contributed by atoms with Gasteiger partial charge < -0.3 is 5.73 Å². The fourth-order valence-corrected chi connectivity index (χ4v) is 2.70. The Balaban J connectivity index is 2.00. The molecule has 0 saturated heterocycles. The Hall–Kier alpha value is -2.19. The van der Waals surface area contributed by atoms with E-state index in [0.717, 1.165) is 18.5 Å². The fourth-order valence-electron chi connectivity index (χ4n) is 2.70. The third-order valence-corrected chi connectivity index (χ3v) is 3.99. The molecule has 0 fully saturated rings. The predicted molar refractivity (Wildman–Crippen MR) is 89.3 cm³/mol. The zero-order valence-corrected chi connectivity index (χ0v) is 12.3. The average molecular weight is 276 g/mol. The molecule has 1 heterocycles. The van der Waals surface area contributed by atoms with Gasteiger partial charge in [-0.25, -0.2) is 0 Å². The van der Waals surface area contributed by atoms with Gasteiger partial charge >= 0.3 is 0 Å². The second kappa shape index (κ2) is 6.06. The standard InChI is InChI=1S/C19H20N2/c1-14(9-10-20)15-4-2-5-16(12-15)17-7-8-19-18(13-17)6-3-11-21-19/h2-8,11-14H,9-10,20H2,1H3. The number of benzene rings is 2. The molecule has 106 valence electrons. The van der Waals surface area contributed by atoms with Crippen LogP contribution in [0.15, 0.2) is 60.8 Å². The normalized spacial score (nSPS) is 12.5. The van der Waals surface area contributed by atoms with Crippen LogP contribution in [0.2, 0.25) is 0 Å². The number of aromatic nitrogens is 1. The van der Waals surface area contributed by atoms with Crippen LogP contribution in [0.1, 0.15) is 24.8 Å². The van der Waals surface area contributed by atoms with Crippen LogP contribution in [0.3, 0.4) is 0 Å². The highest BCUT2D eigenvalue weighted by Gasteiger charge is 2.06. The molecule has 1 aromatic heterocycles. The Bertz CT molecular complexity index is 749. The van der Waals surface area contributed by atoms with E-state index in [1.54, 1.807) is 0 Å². The summed E-state index contributed by atoms with van der Waals surface area (Å²) in [6.45, 7) is 2.96. The first-order chi connectivity index (χ1) is 10.3. The van der Waals surface area contributed by atoms with Gasteiger partial charge in [0, 0.05) is 11.6 Å². The van der Waals surface area contributed by atoms with Crippen molar-refractivity contribution in [3.8, 4) is 11.1 Å². The monoisotopic (exact) mass is 276 g/mol. The van der Waals surface area contributed by atoms with Gasteiger partial charge in [0.05, 0.1) is 5.52 Å². The number of nitrogens with zero attached hydrogens (tertiary/aromatic N) is 1. The van der Waals surface area contributed by atoms with Crippen molar-refractivity contribution in [2.45, 2.75) is 19.3 Å². The van der Waals surface area contributed by atoms with Gasteiger partial charge in [-0.3, -0.25) is 4.98 Å². The molecule has 0 bridgehead atoms. The molecule has 0 aliphatic rings. The van der Waals surface area contributed by atoms with Crippen LogP contribution >= 0.6 is 0 Å². The fraction of sp³-hybridized carbons (Fsp3) is 0.211. The van der Waals surface area contributed by atoms with E-state index in [2.05, 4.69) is 60.4 Å². The van der Waals surface area contributed by atoms with Crippen LogP contribution in [-0.2, 0) is 0 Å². The van der Waals surface area contributed by atoms with E-state index < -0.39 is 0 Å². The molecular formula is C19H20N2. The molecule has 0 aliphatic carbocycles. The van der Waals surface area contributed by atoms with Crippen molar-refractivity contribution >= 4 is 10.9 Å². The topological polar surface area (TPSA) is 38.9 Å². The van der Waals surface area contributed by atoms with E-state index in [1.807, 2.05) is 12.3 Å². The quantitative estimate of drug-likeness (QED) is 0.769. The van der Waals surface area contributed by atoms with E-state index in [1.165, 1.54) is 22.1 Å². The molecule has 2 N–H and O–H groups in total. The Labute approximate surface area is 125 Å². The van der Waals surface area contributed by atoms with Gasteiger partial charge in [0.2, 0.25) is 0 Å². The molecule has 0 saturated carbocycles. The SMILES string of the molecule is CC(CCN)c1cccc(-c2ccc3ncccc3c2)c1. The summed E-state index contributed by atoms with van der Waals surface area (Å²) < 4.78 is 0. The molecule has 2 aromatic carbocycles. The number of nitrogens with two attached hydrogens (primary N) is 1. The summed E-state index contributed by atoms with van der Waals surface area (Å²) in [5.74, 6) is 0.497. The molecule has 0 aliphatic heterocycles. The van der Waals surface area contributed by atoms with Gasteiger partial charge in [-0.1, -0.05) is 43.3 Å². The van der Waals surface area contributed by atoms with E-state index in [9.17, 15) is 0 Å². The maximum Gasteiger partial charge on any atom is 0.0702 e. The lowest BCUT2D eigenvalue weighted by molar-refractivity contribution is 0.690. The first-order valence-corrected chi connectivity index (χ1v) is 7.43. The van der Waals surface area contributed by atoms with E-state index >= 15 is 0 Å². The summed E-state index contributed by atoms with van der Waals surface area (Å²) in [5, 5.41) is 1.18. The smallest absolute Gasteiger partial charge is 0.0702 e. The van der Waals surface area contributed by atoms with E-state index in [-0.39, 0.29) is 0 Å². The third kappa shape index (κ3) is 2.96. The molecular weight excluding hydrogens is 256 g/mol. The molecule has 0 radical (unpaired) electrons. The maximum atomic E-state index is 5.67. The van der Waals surface area contributed by atoms with Crippen molar-refractivity contribution in [2.75, 3.05) is 6.54 Å². The summed E-state index contributed by atoms with van der Waals surface area (Å²) in [6, 6.07) is 19.3. The Morgan fingerprint density at radius 3 is 2.71 bits per heavy atom. The minimum Gasteiger partial charge on any atom is -0.330 e. The first kappa shape index (κ1) is 13.8. The Morgan fingerprint density at radius 2 is 1.86 bits per heavy atom. The first-order valence-electron chi connectivity index (χ1n) is 7.43. The summed E-state index contributed by atoms with van der Waals surface area (Å²) in [4.78, 5) is 4.37. The molecule has 2 nitrogen and oxygen atoms in total. The van der Waals surface area contributed by atoms with Crippen molar-refractivity contribution < 1.29 is 0 Å². The van der Waals surface area contributed by atoms with Gasteiger partial charge in [0.25, 0.3) is 0 Å². The van der Waals surface area contributed by atoms with E-state index in [0.29, 0.717) is 5.92 Å². The second-order valence-corrected chi connectivity index (χ2v) is 5.51. The molecule has 21 heavy (non-hydrogen) atoms. The zero-order valence-electron chi connectivity index (χ0n) is 12.3. The third-order valence-electron chi connectivity index (χ3n) is 3.99. The van der Waals surface area contributed by atoms with Crippen molar-refractivity contribution in [1.82, 2.24) is 4.98 Å². The largest absolute Gasteiger partial charge is 0.330 e. The number of hydrogen-bond acceptors (Lipinski definition) is 2. The van der Waals surface area contributed by atoms with E-state index in [4.69, 9.17) is 5.73 Å². The van der Waals surface area contributed by atoms with Crippen LogP contribution in [0.4, 0.5) is 0 Å². The molecule has 0 amide bonds. The molecule has 1 unspecified atom stereocenters. The van der Waals surface area contributed by atoms with Crippen molar-refractivity contribution in [3.05, 3.63) is 66.4 Å². The average Bonchev–Trinajstić information content (AvgIpc) is 2.55. The molecule has 3 aromatic rings. The highest BCUT2D eigenvalue weighted by molar-refractivity contribution is 5.84. The second-order valence-electron chi connectivity index (χ2n) is 5.51. The van der Waals surface area contributed by atoms with Gasteiger partial charge in [-0.2, -0.15) is 0 Å². The highest BCUT2D eigenvalue weighted by Crippen LogP contribution is 2.27. The molecule has 3 rings (SSSR count). The summed E-state index contributed by atoms with van der Waals surface area (Å²) in [6.07, 6.45) is 2.85. The van der Waals surface area contributed by atoms with Gasteiger partial charge in [-0.05, 0) is 53.8 Å². The number of rotatable bonds is 4. The van der Waals surface area contributed by atoms with Gasteiger partial charge in [0.1, 0.15) is 0 Å². The Morgan fingerprint density at radius 1 is 1.00 bits per heavy atom. The summed E-state index contributed by atoms with van der Waals surface area (Å²) in [5.41, 5.74) is 10.5. The van der Waals surface area contributed by atoms with Crippen molar-refractivity contribution in [3.63, 3.8) is 0 Å². The lowest BCUT2D eigenvalue weighted by atomic mass is 9.94. The molecule has 2 heteroatoms. The predicted octanol–water partition coefficient (Wildman–Crippen LogP) is 4.35. The zero-order chi connectivity index (χ0) is 14.7. The lowest BCUT2D eigenvalue weighted by Gasteiger charge is -2.12. The van der Waals surface area contributed by atoms with Crippen LogP contribution in [0.25, 0.3) is 22.0 Å².